The van der Waals surface area contributed by atoms with Crippen LogP contribution in [-0.2, 0) is 19.3 Å². The lowest BCUT2D eigenvalue weighted by Crippen LogP contribution is -2.69. The van der Waals surface area contributed by atoms with Crippen LogP contribution in [0.5, 0.6) is 0 Å². The largest absolute Gasteiger partial charge is 0.325 e. The van der Waals surface area contributed by atoms with Crippen molar-refractivity contribution in [3.05, 3.63) is 0 Å². The number of carbonyl (C=O) groups is 4. The molecule has 0 aromatic rings. The van der Waals surface area contributed by atoms with E-state index in [2.05, 4.69) is 66.0 Å². The average molecular weight is 687 g/mol. The van der Waals surface area contributed by atoms with Gasteiger partial charge in [0.2, 0.25) is 0 Å². The smallest absolute Gasteiger partial charge is 0.323 e. The van der Waals surface area contributed by atoms with Crippen molar-refractivity contribution in [2.75, 3.05) is 14.2 Å². The zero-order chi connectivity index (χ0) is 35.9. The molecule has 2 spiro atoms. The average Bonchev–Trinajstić information content (AvgIpc) is 3.33. The number of carbonyl (C=O) groups excluding carboxylic acids is 4. The minimum Gasteiger partial charge on any atom is -0.323 e. The van der Waals surface area contributed by atoms with Gasteiger partial charge in [-0.1, -0.05) is 0 Å². The number of nitrogens with one attached hydrogen (secondary N) is 2. The molecular formula is C37H62N6O6. The molecule has 2 N–H and O–H groups in total. The molecule has 0 aromatic carbocycles. The van der Waals surface area contributed by atoms with Crippen LogP contribution in [0.4, 0.5) is 9.59 Å². The first kappa shape index (κ1) is 36.5. The zero-order valence-electron chi connectivity index (χ0n) is 31.7. The normalized spacial score (nSPS) is 35.2. The fraction of sp³-hybridized carbons (Fsp3) is 0.892. The molecule has 0 atom stereocenters. The molecule has 4 heterocycles. The summed E-state index contributed by atoms with van der Waals surface area (Å²) in [5, 5.41) is 10.2. The zero-order valence-corrected chi connectivity index (χ0v) is 31.7. The Morgan fingerprint density at radius 1 is 0.531 bits per heavy atom. The second-order valence-corrected chi connectivity index (χ2v) is 18.9. The number of amides is 6. The van der Waals surface area contributed by atoms with Crippen molar-refractivity contribution in [3.8, 4) is 0 Å². The third kappa shape index (κ3) is 6.10. The lowest BCUT2D eigenvalue weighted by molar-refractivity contribution is -0.273. The number of nitrogens with zero attached hydrogens (tertiary/aromatic N) is 4. The van der Waals surface area contributed by atoms with Gasteiger partial charge in [-0.25, -0.2) is 9.59 Å². The Bertz CT molecular complexity index is 1210. The Morgan fingerprint density at radius 2 is 0.816 bits per heavy atom. The van der Waals surface area contributed by atoms with E-state index in [0.29, 0.717) is 37.5 Å². The lowest BCUT2D eigenvalue weighted by Gasteiger charge is -2.55. The summed E-state index contributed by atoms with van der Waals surface area (Å²) in [5.74, 6) is 0.973. The Balaban J connectivity index is 1.01. The van der Waals surface area contributed by atoms with Crippen molar-refractivity contribution < 1.29 is 28.9 Å². The van der Waals surface area contributed by atoms with Crippen LogP contribution >= 0.6 is 0 Å². The molecule has 0 bridgehead atoms. The van der Waals surface area contributed by atoms with Crippen LogP contribution in [0.3, 0.4) is 0 Å². The van der Waals surface area contributed by atoms with E-state index in [1.807, 2.05) is 10.1 Å². The monoisotopic (exact) mass is 686 g/mol. The van der Waals surface area contributed by atoms with E-state index in [1.165, 1.54) is 0 Å². The van der Waals surface area contributed by atoms with Gasteiger partial charge in [-0.15, -0.1) is 0 Å². The second kappa shape index (κ2) is 12.2. The number of imide groups is 2. The summed E-state index contributed by atoms with van der Waals surface area (Å²) in [7, 11) is 3.34. The molecule has 0 radical (unpaired) electrons. The lowest BCUT2D eigenvalue weighted by atomic mass is 9.70. The van der Waals surface area contributed by atoms with Gasteiger partial charge < -0.3 is 20.3 Å². The van der Waals surface area contributed by atoms with Crippen LogP contribution < -0.4 is 10.6 Å². The SMILES string of the molecule is CON1C(C)(C)CC2(CC1(C)C)NC(=O)N(C1CCC(CC3CCC(N4C(=O)NC5(CC(C)(C)N(OC)C(C)(C)C5)C4=O)CC3)CC1)C2=O. The molecule has 6 fully saturated rings. The standard InChI is InChI=1S/C37H62N6O6/c1-32(2)20-36(21-33(3,4)42(32)48-9)28(44)40(30(46)38-36)26-15-11-24(12-16-26)19-25-13-17-27(18-14-25)41-29(45)37(39-31(41)47)22-34(5,6)43(49-10)35(7,8)23-37/h24-27H,11-23H2,1-10H3,(H,38,46)(H,39,47). The fourth-order valence-corrected chi connectivity index (χ4v) is 12.2. The van der Waals surface area contributed by atoms with Crippen molar-refractivity contribution in [1.29, 1.82) is 0 Å². The molecule has 0 aromatic heterocycles. The quantitative estimate of drug-likeness (QED) is 0.351. The van der Waals surface area contributed by atoms with Gasteiger partial charge in [0.25, 0.3) is 11.8 Å². The van der Waals surface area contributed by atoms with E-state index in [1.54, 1.807) is 24.0 Å². The minimum absolute atomic E-state index is 0.0664. The molecule has 4 saturated heterocycles. The molecule has 12 nitrogen and oxygen atoms in total. The molecule has 6 aliphatic rings. The first-order valence-corrected chi connectivity index (χ1v) is 18.7. The third-order valence-corrected chi connectivity index (χ3v) is 12.9. The van der Waals surface area contributed by atoms with E-state index >= 15 is 0 Å². The number of urea groups is 2. The molecule has 4 aliphatic heterocycles. The third-order valence-electron chi connectivity index (χ3n) is 12.9. The molecule has 12 heteroatoms. The van der Waals surface area contributed by atoms with E-state index in [4.69, 9.17) is 9.68 Å². The summed E-state index contributed by atoms with van der Waals surface area (Å²) in [5.41, 5.74) is -3.50. The topological polar surface area (TPSA) is 124 Å². The first-order valence-electron chi connectivity index (χ1n) is 18.7. The number of piperidine rings is 2. The van der Waals surface area contributed by atoms with Gasteiger partial charge in [0.05, 0.1) is 14.2 Å². The predicted octanol–water partition coefficient (Wildman–Crippen LogP) is 5.50. The van der Waals surface area contributed by atoms with Crippen LogP contribution in [-0.4, -0.2) is 103 Å². The Kier molecular flexibility index (Phi) is 9.06. The van der Waals surface area contributed by atoms with Crippen molar-refractivity contribution in [2.24, 2.45) is 11.8 Å². The summed E-state index contributed by atoms with van der Waals surface area (Å²) in [6, 6.07) is -0.627. The molecule has 49 heavy (non-hydrogen) atoms. The van der Waals surface area contributed by atoms with Crippen molar-refractivity contribution in [1.82, 2.24) is 30.6 Å². The van der Waals surface area contributed by atoms with Crippen molar-refractivity contribution in [3.63, 3.8) is 0 Å². The minimum atomic E-state index is -0.907. The van der Waals surface area contributed by atoms with Gasteiger partial charge in [0.15, 0.2) is 0 Å². The van der Waals surface area contributed by atoms with Gasteiger partial charge in [-0.3, -0.25) is 19.4 Å². The van der Waals surface area contributed by atoms with Crippen LogP contribution in [0.25, 0.3) is 0 Å². The number of hydroxylamine groups is 4. The highest BCUT2D eigenvalue weighted by atomic mass is 16.7. The van der Waals surface area contributed by atoms with Crippen LogP contribution in [0.1, 0.15) is 139 Å². The summed E-state index contributed by atoms with van der Waals surface area (Å²) in [6.07, 6.45) is 10.5. The fourth-order valence-electron chi connectivity index (χ4n) is 12.2. The highest BCUT2D eigenvalue weighted by Crippen LogP contribution is 2.49. The first-order chi connectivity index (χ1) is 22.7. The van der Waals surface area contributed by atoms with E-state index in [9.17, 15) is 19.2 Å². The van der Waals surface area contributed by atoms with Crippen LogP contribution in [0.2, 0.25) is 0 Å². The maximum Gasteiger partial charge on any atom is 0.325 e. The Labute approximate surface area is 293 Å². The molecular weight excluding hydrogens is 624 g/mol. The summed E-state index contributed by atoms with van der Waals surface area (Å²) < 4.78 is 0. The second-order valence-electron chi connectivity index (χ2n) is 18.9. The van der Waals surface area contributed by atoms with Gasteiger partial charge >= 0.3 is 12.1 Å². The van der Waals surface area contributed by atoms with Gasteiger partial charge in [0, 0.05) is 34.2 Å². The summed E-state index contributed by atoms with van der Waals surface area (Å²) in [6.45, 7) is 16.6. The van der Waals surface area contributed by atoms with Gasteiger partial charge in [-0.05, 0) is 151 Å². The number of hydrogen-bond donors (Lipinski definition) is 2. The molecule has 276 valence electrons. The molecule has 0 unspecified atom stereocenters. The van der Waals surface area contributed by atoms with Gasteiger partial charge in [-0.2, -0.15) is 10.1 Å². The maximum atomic E-state index is 14.1. The molecule has 2 saturated carbocycles. The van der Waals surface area contributed by atoms with Crippen molar-refractivity contribution in [2.45, 2.75) is 184 Å². The van der Waals surface area contributed by atoms with Crippen molar-refractivity contribution >= 4 is 23.9 Å². The summed E-state index contributed by atoms with van der Waals surface area (Å²) >= 11 is 0. The van der Waals surface area contributed by atoms with E-state index in [-0.39, 0.29) is 36.0 Å². The van der Waals surface area contributed by atoms with Gasteiger partial charge in [0.1, 0.15) is 11.1 Å². The highest BCUT2D eigenvalue weighted by molar-refractivity contribution is 6.08. The predicted molar refractivity (Wildman–Crippen MR) is 185 cm³/mol. The Morgan fingerprint density at radius 3 is 1.08 bits per heavy atom. The van der Waals surface area contributed by atoms with Crippen LogP contribution in [0.15, 0.2) is 0 Å². The Hall–Kier alpha value is -2.28. The van der Waals surface area contributed by atoms with Crippen LogP contribution in [0, 0.1) is 11.8 Å². The summed E-state index contributed by atoms with van der Waals surface area (Å²) in [4.78, 5) is 69.5. The molecule has 6 amide bonds. The molecule has 2 aliphatic carbocycles. The number of rotatable bonds is 6. The maximum absolute atomic E-state index is 14.1. The number of hydrogen-bond acceptors (Lipinski definition) is 8. The van der Waals surface area contributed by atoms with E-state index in [0.717, 1.165) is 57.8 Å². The van der Waals surface area contributed by atoms with E-state index < -0.39 is 33.2 Å². The molecule has 6 rings (SSSR count). The highest BCUT2D eigenvalue weighted by Gasteiger charge is 2.64.